The van der Waals surface area contributed by atoms with Crippen molar-refractivity contribution in [2.75, 3.05) is 0 Å². The smallest absolute Gasteiger partial charge is 0.148 e. The average Bonchev–Trinajstić information content (AvgIpc) is 2.50. The minimum absolute atomic E-state index is 0.609. The molecule has 1 aliphatic rings. The fraction of sp³-hybridized carbons (Fsp3) is 0.833. The molecule has 0 aromatic rings. The number of carbonyl (C=O) groups is 1. The molecule has 1 unspecified atom stereocenters. The van der Waals surface area contributed by atoms with Gasteiger partial charge in [-0.05, 0) is 12.3 Å². The summed E-state index contributed by atoms with van der Waals surface area (Å²) in [6.07, 6.45) is 3.00. The minimum atomic E-state index is -0.692. The van der Waals surface area contributed by atoms with Gasteiger partial charge in [0, 0.05) is 0 Å². The molecule has 0 bridgehead atoms. The van der Waals surface area contributed by atoms with E-state index in [0.717, 1.165) is 0 Å². The quantitative estimate of drug-likeness (QED) is 0.537. The SMILES string of the molecule is O=CC(O)CC1CC1. The van der Waals surface area contributed by atoms with E-state index in [0.29, 0.717) is 18.6 Å². The van der Waals surface area contributed by atoms with Crippen LogP contribution in [-0.2, 0) is 4.79 Å². The van der Waals surface area contributed by atoms with Crippen molar-refractivity contribution in [1.29, 1.82) is 0 Å². The van der Waals surface area contributed by atoms with Crippen molar-refractivity contribution in [2.45, 2.75) is 25.4 Å². The lowest BCUT2D eigenvalue weighted by Crippen LogP contribution is -2.07. The van der Waals surface area contributed by atoms with E-state index in [2.05, 4.69) is 0 Å². The molecule has 0 saturated heterocycles. The van der Waals surface area contributed by atoms with E-state index in [9.17, 15) is 4.79 Å². The van der Waals surface area contributed by atoms with Crippen molar-refractivity contribution in [2.24, 2.45) is 5.92 Å². The van der Waals surface area contributed by atoms with Crippen molar-refractivity contribution in [1.82, 2.24) is 0 Å². The third-order valence-corrected chi connectivity index (χ3v) is 1.43. The highest BCUT2D eigenvalue weighted by Gasteiger charge is 2.23. The van der Waals surface area contributed by atoms with E-state index in [4.69, 9.17) is 5.11 Å². The van der Waals surface area contributed by atoms with Crippen molar-refractivity contribution < 1.29 is 9.90 Å². The van der Waals surface area contributed by atoms with E-state index >= 15 is 0 Å². The Bertz CT molecular complexity index is 86.5. The molecule has 8 heavy (non-hydrogen) atoms. The zero-order chi connectivity index (χ0) is 5.98. The van der Waals surface area contributed by atoms with E-state index in [1.807, 2.05) is 0 Å². The maximum Gasteiger partial charge on any atom is 0.148 e. The van der Waals surface area contributed by atoms with Crippen LogP contribution in [0.5, 0.6) is 0 Å². The highest BCUT2D eigenvalue weighted by atomic mass is 16.3. The van der Waals surface area contributed by atoms with Crippen LogP contribution in [0.4, 0.5) is 0 Å². The summed E-state index contributed by atoms with van der Waals surface area (Å²) < 4.78 is 0. The monoisotopic (exact) mass is 114 g/mol. The van der Waals surface area contributed by atoms with Crippen LogP contribution in [0.15, 0.2) is 0 Å². The Morgan fingerprint density at radius 1 is 1.75 bits per heavy atom. The maximum absolute atomic E-state index is 9.82. The van der Waals surface area contributed by atoms with Crippen LogP contribution in [0.1, 0.15) is 19.3 Å². The normalized spacial score (nSPS) is 22.6. The number of carbonyl (C=O) groups excluding carboxylic acids is 1. The van der Waals surface area contributed by atoms with Crippen LogP contribution >= 0.6 is 0 Å². The number of aldehydes is 1. The molecule has 0 radical (unpaired) electrons. The van der Waals surface area contributed by atoms with Gasteiger partial charge in [-0.2, -0.15) is 0 Å². The topological polar surface area (TPSA) is 37.3 Å². The van der Waals surface area contributed by atoms with Crippen LogP contribution in [0.2, 0.25) is 0 Å². The largest absolute Gasteiger partial charge is 0.386 e. The molecular weight excluding hydrogens is 104 g/mol. The molecule has 0 heterocycles. The van der Waals surface area contributed by atoms with E-state index in [1.165, 1.54) is 12.8 Å². The average molecular weight is 114 g/mol. The van der Waals surface area contributed by atoms with Crippen LogP contribution in [0, 0.1) is 5.92 Å². The summed E-state index contributed by atoms with van der Waals surface area (Å²) in [4.78, 5) is 9.82. The molecule has 1 fully saturated rings. The van der Waals surface area contributed by atoms with Gasteiger partial charge in [0.1, 0.15) is 12.4 Å². The second-order valence-corrected chi connectivity index (χ2v) is 2.38. The molecule has 1 N–H and O–H groups in total. The highest BCUT2D eigenvalue weighted by Crippen LogP contribution is 2.32. The lowest BCUT2D eigenvalue weighted by molar-refractivity contribution is -0.115. The number of hydrogen-bond acceptors (Lipinski definition) is 2. The molecule has 2 heteroatoms. The van der Waals surface area contributed by atoms with Crippen LogP contribution in [0.25, 0.3) is 0 Å². The Hall–Kier alpha value is -0.370. The number of hydrogen-bond donors (Lipinski definition) is 1. The molecule has 2 nitrogen and oxygen atoms in total. The van der Waals surface area contributed by atoms with Gasteiger partial charge < -0.3 is 9.90 Å². The molecular formula is C6H10O2. The predicted molar refractivity (Wildman–Crippen MR) is 29.4 cm³/mol. The Labute approximate surface area is 48.5 Å². The van der Waals surface area contributed by atoms with Gasteiger partial charge in [0.15, 0.2) is 0 Å². The zero-order valence-corrected chi connectivity index (χ0v) is 4.71. The first-order valence-electron chi connectivity index (χ1n) is 2.96. The fourth-order valence-electron chi connectivity index (χ4n) is 0.751. The van der Waals surface area contributed by atoms with Gasteiger partial charge in [-0.15, -0.1) is 0 Å². The molecule has 0 aliphatic heterocycles. The Morgan fingerprint density at radius 3 is 2.75 bits per heavy atom. The van der Waals surface area contributed by atoms with E-state index < -0.39 is 6.10 Å². The van der Waals surface area contributed by atoms with Gasteiger partial charge in [-0.1, -0.05) is 12.8 Å². The summed E-state index contributed by atoms with van der Waals surface area (Å²) in [5, 5.41) is 8.70. The molecule has 1 rings (SSSR count). The summed E-state index contributed by atoms with van der Waals surface area (Å²) in [6.45, 7) is 0. The predicted octanol–water partition coefficient (Wildman–Crippen LogP) is 0.346. The first kappa shape index (κ1) is 5.76. The van der Waals surface area contributed by atoms with Gasteiger partial charge in [0.05, 0.1) is 0 Å². The number of aliphatic hydroxyl groups is 1. The highest BCUT2D eigenvalue weighted by molar-refractivity contribution is 5.55. The van der Waals surface area contributed by atoms with Gasteiger partial charge in [0.2, 0.25) is 0 Å². The molecule has 0 aromatic heterocycles. The molecule has 46 valence electrons. The summed E-state index contributed by atoms with van der Waals surface area (Å²) in [6, 6.07) is 0. The van der Waals surface area contributed by atoms with Crippen LogP contribution in [0.3, 0.4) is 0 Å². The van der Waals surface area contributed by atoms with Gasteiger partial charge in [-0.3, -0.25) is 0 Å². The van der Waals surface area contributed by atoms with Crippen LogP contribution < -0.4 is 0 Å². The molecule has 0 amide bonds. The number of aliphatic hydroxyl groups excluding tert-OH is 1. The van der Waals surface area contributed by atoms with Crippen molar-refractivity contribution in [3.05, 3.63) is 0 Å². The van der Waals surface area contributed by atoms with Gasteiger partial charge >= 0.3 is 0 Å². The van der Waals surface area contributed by atoms with Crippen molar-refractivity contribution >= 4 is 6.29 Å². The van der Waals surface area contributed by atoms with Crippen molar-refractivity contribution in [3.8, 4) is 0 Å². The fourth-order valence-corrected chi connectivity index (χ4v) is 0.751. The Kier molecular flexibility index (Phi) is 1.63. The number of rotatable bonds is 3. The molecule has 1 saturated carbocycles. The van der Waals surface area contributed by atoms with Crippen molar-refractivity contribution in [3.63, 3.8) is 0 Å². The standard InChI is InChI=1S/C6H10O2/c7-4-6(8)3-5-1-2-5/h4-6,8H,1-3H2. The van der Waals surface area contributed by atoms with Crippen LogP contribution in [-0.4, -0.2) is 17.5 Å². The molecule has 1 atom stereocenters. The first-order valence-corrected chi connectivity index (χ1v) is 2.96. The zero-order valence-electron chi connectivity index (χ0n) is 4.71. The first-order chi connectivity index (χ1) is 3.83. The molecule has 1 aliphatic carbocycles. The maximum atomic E-state index is 9.82. The Balaban J connectivity index is 2.06. The van der Waals surface area contributed by atoms with Gasteiger partial charge in [0.25, 0.3) is 0 Å². The second-order valence-electron chi connectivity index (χ2n) is 2.38. The lowest BCUT2D eigenvalue weighted by atomic mass is 10.2. The van der Waals surface area contributed by atoms with Gasteiger partial charge in [-0.25, -0.2) is 0 Å². The molecule has 0 aromatic carbocycles. The molecule has 0 spiro atoms. The summed E-state index contributed by atoms with van der Waals surface area (Å²) in [7, 11) is 0. The van der Waals surface area contributed by atoms with E-state index in [-0.39, 0.29) is 0 Å². The lowest BCUT2D eigenvalue weighted by Gasteiger charge is -1.96. The third kappa shape index (κ3) is 1.62. The third-order valence-electron chi connectivity index (χ3n) is 1.43. The summed E-state index contributed by atoms with van der Waals surface area (Å²) >= 11 is 0. The minimum Gasteiger partial charge on any atom is -0.386 e. The van der Waals surface area contributed by atoms with E-state index in [1.54, 1.807) is 0 Å². The Morgan fingerprint density at radius 2 is 2.38 bits per heavy atom. The second kappa shape index (κ2) is 2.27. The summed E-state index contributed by atoms with van der Waals surface area (Å²) in [5.74, 6) is 0.648. The summed E-state index contributed by atoms with van der Waals surface area (Å²) in [5.41, 5.74) is 0.